The minimum atomic E-state index is 0.479. The molecule has 6 aromatic heterocycles. The zero-order valence-electron chi connectivity index (χ0n) is 26.5. The van der Waals surface area contributed by atoms with E-state index in [0.717, 1.165) is 53.0 Å². The van der Waals surface area contributed by atoms with Gasteiger partial charge in [-0.2, -0.15) is 0 Å². The number of carbonyl (C=O) groups excluding carboxylic acids is 6. The zero-order valence-corrected chi connectivity index (χ0v) is 28.1. The van der Waals surface area contributed by atoms with Gasteiger partial charge in [0.1, 0.15) is 12.0 Å². The quantitative estimate of drug-likeness (QED) is 0.166. The molecule has 0 atom stereocenters. The van der Waals surface area contributed by atoms with Gasteiger partial charge in [0, 0.05) is 60.2 Å². The normalized spacial score (nSPS) is 8.81. The van der Waals surface area contributed by atoms with Gasteiger partial charge in [0.2, 0.25) is 0 Å². The van der Waals surface area contributed by atoms with Crippen molar-refractivity contribution in [3.05, 3.63) is 158 Å². The van der Waals surface area contributed by atoms with Crippen LogP contribution in [-0.2, 0) is 7.05 Å². The molecule has 12 heteroatoms. The van der Waals surface area contributed by atoms with E-state index in [4.69, 9.17) is 0 Å². The highest BCUT2D eigenvalue weighted by atomic mass is 32.1. The topological polar surface area (TPSA) is 146 Å². The SMILES string of the molecule is Cc1ccc(C=O)s1.Cc1ccsc1C=O.Cn1cccc1C=O.O=Cc1ccccn1.O=Cc1cccnc1.O=Cc1ccncc1. The van der Waals surface area contributed by atoms with Gasteiger partial charge in [-0.3, -0.25) is 43.7 Å². The maximum absolute atomic E-state index is 10.1. The smallest absolute Gasteiger partial charge is 0.168 e. The maximum atomic E-state index is 10.1. The maximum Gasteiger partial charge on any atom is 0.168 e. The number of hydrogen-bond donors (Lipinski definition) is 0. The molecule has 0 aliphatic heterocycles. The van der Waals surface area contributed by atoms with Crippen LogP contribution in [0.25, 0.3) is 0 Å². The first-order valence-corrected chi connectivity index (χ1v) is 15.6. The van der Waals surface area contributed by atoms with Crippen molar-refractivity contribution in [2.45, 2.75) is 13.8 Å². The van der Waals surface area contributed by atoms with Gasteiger partial charge in [-0.15, -0.1) is 22.7 Å². The van der Waals surface area contributed by atoms with E-state index in [9.17, 15) is 28.8 Å². The molecule has 0 saturated carbocycles. The van der Waals surface area contributed by atoms with Crippen molar-refractivity contribution in [3.8, 4) is 0 Å². The zero-order chi connectivity index (χ0) is 35.4. The highest BCUT2D eigenvalue weighted by Crippen LogP contribution is 2.12. The molecule has 0 amide bonds. The van der Waals surface area contributed by atoms with Crippen LogP contribution in [-0.4, -0.2) is 57.2 Å². The van der Waals surface area contributed by atoms with E-state index in [1.165, 1.54) is 33.7 Å². The Hall–Kier alpha value is -5.85. The van der Waals surface area contributed by atoms with E-state index in [1.807, 2.05) is 56.7 Å². The molecule has 48 heavy (non-hydrogen) atoms. The minimum Gasteiger partial charge on any atom is -0.348 e. The standard InChI is InChI=1S/C6H7NO.3C6H5NO.2C6H6OS/c1-7-4-2-3-6(7)5-8;8-5-6-1-3-7-4-2-6;8-5-6-2-1-3-7-4-6;8-5-6-3-1-2-4-7-6;1-5-2-3-8-6(5)4-7;1-5-2-3-6(4-7)8-5/h2-5H,1H3;3*1-5H;2*2-4H,1H3. The fourth-order valence-corrected chi connectivity index (χ4v) is 4.37. The number of nitrogens with zero attached hydrogens (tertiary/aromatic N) is 4. The van der Waals surface area contributed by atoms with Crippen molar-refractivity contribution in [1.82, 2.24) is 19.5 Å². The number of hydrogen-bond acceptors (Lipinski definition) is 11. The lowest BCUT2D eigenvalue weighted by Gasteiger charge is -1.88. The number of aromatic nitrogens is 4. The van der Waals surface area contributed by atoms with Crippen LogP contribution in [0.2, 0.25) is 0 Å². The Morgan fingerprint density at radius 2 is 1.38 bits per heavy atom. The molecule has 6 rings (SSSR count). The molecule has 6 heterocycles. The van der Waals surface area contributed by atoms with Crippen LogP contribution in [0.1, 0.15) is 71.5 Å². The summed E-state index contributed by atoms with van der Waals surface area (Å²) in [5.74, 6) is 0. The molecule has 0 aromatic carbocycles. The first-order chi connectivity index (χ1) is 23.3. The predicted octanol–water partition coefficient (Wildman–Crippen LogP) is 7.26. The van der Waals surface area contributed by atoms with Crippen LogP contribution in [0.4, 0.5) is 0 Å². The molecule has 0 N–H and O–H groups in total. The Bertz CT molecular complexity index is 1620. The van der Waals surface area contributed by atoms with Gasteiger partial charge >= 0.3 is 0 Å². The lowest BCUT2D eigenvalue weighted by molar-refractivity contribution is 0.111. The van der Waals surface area contributed by atoms with E-state index < -0.39 is 0 Å². The molecule has 0 aliphatic carbocycles. The van der Waals surface area contributed by atoms with Crippen molar-refractivity contribution in [2.24, 2.45) is 7.05 Å². The summed E-state index contributed by atoms with van der Waals surface area (Å²) in [7, 11) is 1.84. The lowest BCUT2D eigenvalue weighted by atomic mass is 10.3. The third kappa shape index (κ3) is 17.6. The molecular weight excluding hydrogens is 649 g/mol. The summed E-state index contributed by atoms with van der Waals surface area (Å²) in [6, 6.07) is 21.3. The highest BCUT2D eigenvalue weighted by molar-refractivity contribution is 7.13. The third-order valence-electron chi connectivity index (χ3n) is 5.46. The van der Waals surface area contributed by atoms with Crippen LogP contribution >= 0.6 is 22.7 Å². The molecule has 10 nitrogen and oxygen atoms in total. The van der Waals surface area contributed by atoms with Crippen molar-refractivity contribution < 1.29 is 28.8 Å². The van der Waals surface area contributed by atoms with Crippen molar-refractivity contribution in [1.29, 1.82) is 0 Å². The van der Waals surface area contributed by atoms with Gasteiger partial charge in [0.05, 0.1) is 15.4 Å². The summed E-state index contributed by atoms with van der Waals surface area (Å²) in [4.78, 5) is 74.1. The molecule has 0 aliphatic rings. The summed E-state index contributed by atoms with van der Waals surface area (Å²) in [6.45, 7) is 3.91. The van der Waals surface area contributed by atoms with E-state index in [2.05, 4.69) is 15.0 Å². The fraction of sp³-hybridized carbons (Fsp3) is 0.0833. The van der Waals surface area contributed by atoms with Crippen LogP contribution in [0, 0.1) is 13.8 Å². The fourth-order valence-electron chi connectivity index (χ4n) is 2.95. The Balaban J connectivity index is 0.000000288. The average Bonchev–Trinajstić information content (AvgIpc) is 3.90. The number of rotatable bonds is 6. The molecular formula is C36H34N4O6S2. The Labute approximate surface area is 286 Å². The molecule has 0 radical (unpaired) electrons. The second-order valence-electron chi connectivity index (χ2n) is 8.99. The number of aldehydes is 6. The number of pyridine rings is 3. The first-order valence-electron chi connectivity index (χ1n) is 14.0. The van der Waals surface area contributed by atoms with Crippen LogP contribution in [0.3, 0.4) is 0 Å². The predicted molar refractivity (Wildman–Crippen MR) is 189 cm³/mol. The van der Waals surface area contributed by atoms with Crippen LogP contribution in [0.5, 0.6) is 0 Å². The number of aryl methyl sites for hydroxylation is 3. The Morgan fingerprint density at radius 3 is 1.69 bits per heavy atom. The second-order valence-corrected chi connectivity index (χ2v) is 11.3. The molecule has 0 saturated heterocycles. The summed E-state index contributed by atoms with van der Waals surface area (Å²) in [5, 5.41) is 1.92. The molecule has 246 valence electrons. The van der Waals surface area contributed by atoms with Gasteiger partial charge < -0.3 is 4.57 Å². The van der Waals surface area contributed by atoms with Crippen LogP contribution < -0.4 is 0 Å². The van der Waals surface area contributed by atoms with Gasteiger partial charge in [-0.25, -0.2) is 0 Å². The number of thiophene rings is 2. The summed E-state index contributed by atoms with van der Waals surface area (Å²) < 4.78 is 1.77. The molecule has 6 aromatic rings. The van der Waals surface area contributed by atoms with E-state index in [0.29, 0.717) is 22.5 Å². The monoisotopic (exact) mass is 682 g/mol. The minimum absolute atomic E-state index is 0.479. The lowest BCUT2D eigenvalue weighted by Crippen LogP contribution is -1.90. The van der Waals surface area contributed by atoms with Gasteiger partial charge in [0.15, 0.2) is 31.4 Å². The molecule has 0 bridgehead atoms. The van der Waals surface area contributed by atoms with Crippen molar-refractivity contribution >= 4 is 60.4 Å². The summed E-state index contributed by atoms with van der Waals surface area (Å²) in [5.41, 5.74) is 3.55. The first kappa shape index (κ1) is 40.2. The average molecular weight is 683 g/mol. The van der Waals surface area contributed by atoms with Gasteiger partial charge in [-0.1, -0.05) is 6.07 Å². The Morgan fingerprint density at radius 1 is 0.625 bits per heavy atom. The van der Waals surface area contributed by atoms with E-state index in [1.54, 1.807) is 77.9 Å². The Kier molecular flexibility index (Phi) is 21.2. The van der Waals surface area contributed by atoms with Crippen molar-refractivity contribution in [2.75, 3.05) is 0 Å². The summed E-state index contributed by atoms with van der Waals surface area (Å²) in [6.07, 6.45) is 14.6. The van der Waals surface area contributed by atoms with E-state index >= 15 is 0 Å². The third-order valence-corrected chi connectivity index (χ3v) is 7.33. The van der Waals surface area contributed by atoms with Gasteiger partial charge in [0.25, 0.3) is 0 Å². The van der Waals surface area contributed by atoms with Crippen LogP contribution in [0.15, 0.2) is 115 Å². The van der Waals surface area contributed by atoms with E-state index in [-0.39, 0.29) is 0 Å². The van der Waals surface area contributed by atoms with Crippen molar-refractivity contribution in [3.63, 3.8) is 0 Å². The molecule has 0 unspecified atom stereocenters. The molecule has 0 fully saturated rings. The largest absolute Gasteiger partial charge is 0.348 e. The molecule has 0 spiro atoms. The summed E-state index contributed by atoms with van der Waals surface area (Å²) >= 11 is 3.00. The van der Waals surface area contributed by atoms with Gasteiger partial charge in [-0.05, 0) is 91.5 Å². The second kappa shape index (κ2) is 25.4. The number of carbonyl (C=O) groups is 6. The highest BCUT2D eigenvalue weighted by Gasteiger charge is 1.93.